The van der Waals surface area contributed by atoms with Gasteiger partial charge in [0.2, 0.25) is 0 Å². The van der Waals surface area contributed by atoms with Crippen LogP contribution in [0.25, 0.3) is 0 Å². The summed E-state index contributed by atoms with van der Waals surface area (Å²) in [7, 11) is 0. The molecule has 108 valence electrons. The molecule has 0 amide bonds. The van der Waals surface area contributed by atoms with Crippen molar-refractivity contribution in [2.45, 2.75) is 45.2 Å². The maximum absolute atomic E-state index is 5.54. The Balaban J connectivity index is 1.98. The van der Waals surface area contributed by atoms with Crippen molar-refractivity contribution in [3.05, 3.63) is 35.9 Å². The zero-order valence-corrected chi connectivity index (χ0v) is 12.2. The van der Waals surface area contributed by atoms with Crippen LogP contribution in [0.15, 0.2) is 30.3 Å². The lowest BCUT2D eigenvalue weighted by molar-refractivity contribution is 0.449. The zero-order chi connectivity index (χ0) is 13.8. The molecule has 0 spiro atoms. The summed E-state index contributed by atoms with van der Waals surface area (Å²) < 4.78 is 0. The van der Waals surface area contributed by atoms with Crippen molar-refractivity contribution in [1.29, 1.82) is 0 Å². The summed E-state index contributed by atoms with van der Waals surface area (Å²) in [6.45, 7) is 6.16. The Labute approximate surface area is 118 Å². The number of benzene rings is 1. The summed E-state index contributed by atoms with van der Waals surface area (Å²) in [6.07, 6.45) is 4.69. The van der Waals surface area contributed by atoms with Crippen LogP contribution in [0.3, 0.4) is 0 Å². The third kappa shape index (κ3) is 7.98. The Morgan fingerprint density at radius 2 is 1.89 bits per heavy atom. The highest BCUT2D eigenvalue weighted by Crippen LogP contribution is 2.00. The molecule has 0 fully saturated rings. The molecular formula is C16H29N3. The fraction of sp³-hybridized carbons (Fsp3) is 0.625. The van der Waals surface area contributed by atoms with Gasteiger partial charge >= 0.3 is 0 Å². The van der Waals surface area contributed by atoms with Gasteiger partial charge in [0.1, 0.15) is 0 Å². The Hall–Kier alpha value is -0.900. The second kappa shape index (κ2) is 11.0. The van der Waals surface area contributed by atoms with Gasteiger partial charge in [-0.2, -0.15) is 0 Å². The summed E-state index contributed by atoms with van der Waals surface area (Å²) >= 11 is 0. The van der Waals surface area contributed by atoms with Crippen LogP contribution in [-0.4, -0.2) is 25.7 Å². The quantitative estimate of drug-likeness (QED) is 0.537. The van der Waals surface area contributed by atoms with E-state index in [2.05, 4.69) is 47.9 Å². The van der Waals surface area contributed by atoms with Crippen LogP contribution in [0, 0.1) is 0 Å². The fourth-order valence-electron chi connectivity index (χ4n) is 2.16. The van der Waals surface area contributed by atoms with E-state index in [1.54, 1.807) is 0 Å². The number of hydrogen-bond acceptors (Lipinski definition) is 3. The van der Waals surface area contributed by atoms with Gasteiger partial charge < -0.3 is 16.4 Å². The topological polar surface area (TPSA) is 50.1 Å². The van der Waals surface area contributed by atoms with Crippen LogP contribution in [0.2, 0.25) is 0 Å². The molecule has 1 aromatic carbocycles. The number of hydrogen-bond donors (Lipinski definition) is 3. The molecule has 19 heavy (non-hydrogen) atoms. The third-order valence-corrected chi connectivity index (χ3v) is 3.38. The van der Waals surface area contributed by atoms with Gasteiger partial charge in [-0.05, 0) is 50.9 Å². The molecule has 3 heteroatoms. The second-order valence-corrected chi connectivity index (χ2v) is 5.01. The van der Waals surface area contributed by atoms with Crippen molar-refractivity contribution in [2.24, 2.45) is 5.73 Å². The van der Waals surface area contributed by atoms with Gasteiger partial charge in [0.25, 0.3) is 0 Å². The molecule has 0 aliphatic rings. The molecule has 3 nitrogen and oxygen atoms in total. The van der Waals surface area contributed by atoms with Crippen LogP contribution < -0.4 is 16.4 Å². The highest BCUT2D eigenvalue weighted by molar-refractivity contribution is 5.14. The zero-order valence-electron chi connectivity index (χ0n) is 12.2. The normalized spacial score (nSPS) is 12.5. The van der Waals surface area contributed by atoms with E-state index in [1.165, 1.54) is 24.8 Å². The maximum Gasteiger partial charge on any atom is 0.0205 e. The van der Waals surface area contributed by atoms with Gasteiger partial charge in [-0.3, -0.25) is 0 Å². The average Bonchev–Trinajstić information content (AvgIpc) is 2.47. The molecule has 0 saturated heterocycles. The van der Waals surface area contributed by atoms with Crippen LogP contribution in [0.1, 0.15) is 38.2 Å². The van der Waals surface area contributed by atoms with Crippen molar-refractivity contribution in [3.8, 4) is 0 Å². The highest BCUT2D eigenvalue weighted by atomic mass is 14.9. The molecule has 1 aromatic rings. The minimum Gasteiger partial charge on any atom is -0.330 e. The molecule has 0 saturated carbocycles. The Morgan fingerprint density at radius 3 is 2.58 bits per heavy atom. The van der Waals surface area contributed by atoms with Crippen molar-refractivity contribution < 1.29 is 0 Å². The molecule has 4 N–H and O–H groups in total. The summed E-state index contributed by atoms with van der Waals surface area (Å²) in [5.41, 5.74) is 6.90. The van der Waals surface area contributed by atoms with E-state index >= 15 is 0 Å². The van der Waals surface area contributed by atoms with Crippen LogP contribution >= 0.6 is 0 Å². The van der Waals surface area contributed by atoms with Gasteiger partial charge in [-0.15, -0.1) is 0 Å². The van der Waals surface area contributed by atoms with E-state index in [0.29, 0.717) is 6.04 Å². The average molecular weight is 263 g/mol. The first-order chi connectivity index (χ1) is 9.36. The van der Waals surface area contributed by atoms with Crippen LogP contribution in [-0.2, 0) is 6.54 Å². The monoisotopic (exact) mass is 263 g/mol. The van der Waals surface area contributed by atoms with Crippen molar-refractivity contribution in [1.82, 2.24) is 10.6 Å². The van der Waals surface area contributed by atoms with E-state index in [1.807, 2.05) is 0 Å². The maximum atomic E-state index is 5.54. The predicted octanol–water partition coefficient (Wildman–Crippen LogP) is 2.27. The SMILES string of the molecule is CCC(CCCN)NCCCNCc1ccccc1. The number of nitrogens with two attached hydrogens (primary N) is 1. The standard InChI is InChI=1S/C16H29N3/c1-2-16(10-6-11-17)19-13-7-12-18-14-15-8-4-3-5-9-15/h3-5,8-9,16,18-19H,2,6-7,10-14,17H2,1H3. The Bertz CT molecular complexity index is 300. The van der Waals surface area contributed by atoms with E-state index in [4.69, 9.17) is 5.73 Å². The molecule has 0 heterocycles. The fourth-order valence-corrected chi connectivity index (χ4v) is 2.16. The number of rotatable bonds is 11. The largest absolute Gasteiger partial charge is 0.330 e. The van der Waals surface area contributed by atoms with Gasteiger partial charge in [0.15, 0.2) is 0 Å². The van der Waals surface area contributed by atoms with Crippen molar-refractivity contribution >= 4 is 0 Å². The van der Waals surface area contributed by atoms with Gasteiger partial charge in [-0.25, -0.2) is 0 Å². The van der Waals surface area contributed by atoms with E-state index in [-0.39, 0.29) is 0 Å². The first-order valence-corrected chi connectivity index (χ1v) is 7.55. The molecule has 0 bridgehead atoms. The molecule has 0 aliphatic heterocycles. The van der Waals surface area contributed by atoms with Gasteiger partial charge in [-0.1, -0.05) is 37.3 Å². The third-order valence-electron chi connectivity index (χ3n) is 3.38. The predicted molar refractivity (Wildman–Crippen MR) is 83.1 cm³/mol. The second-order valence-electron chi connectivity index (χ2n) is 5.01. The molecule has 0 aliphatic carbocycles. The van der Waals surface area contributed by atoms with Crippen LogP contribution in [0.5, 0.6) is 0 Å². The summed E-state index contributed by atoms with van der Waals surface area (Å²) in [6, 6.07) is 11.2. The van der Waals surface area contributed by atoms with Crippen molar-refractivity contribution in [2.75, 3.05) is 19.6 Å². The molecular weight excluding hydrogens is 234 g/mol. The lowest BCUT2D eigenvalue weighted by Crippen LogP contribution is -2.31. The van der Waals surface area contributed by atoms with E-state index < -0.39 is 0 Å². The first-order valence-electron chi connectivity index (χ1n) is 7.55. The summed E-state index contributed by atoms with van der Waals surface area (Å²) in [5.74, 6) is 0. The van der Waals surface area contributed by atoms with Crippen LogP contribution in [0.4, 0.5) is 0 Å². The molecule has 1 rings (SSSR count). The smallest absolute Gasteiger partial charge is 0.0205 e. The molecule has 0 aromatic heterocycles. The van der Waals surface area contributed by atoms with Gasteiger partial charge in [0.05, 0.1) is 0 Å². The Kier molecular flexibility index (Phi) is 9.33. The van der Waals surface area contributed by atoms with Crippen molar-refractivity contribution in [3.63, 3.8) is 0 Å². The van der Waals surface area contributed by atoms with E-state index in [9.17, 15) is 0 Å². The first kappa shape index (κ1) is 16.2. The molecule has 1 atom stereocenters. The Morgan fingerprint density at radius 1 is 1.11 bits per heavy atom. The van der Waals surface area contributed by atoms with Gasteiger partial charge in [0, 0.05) is 12.6 Å². The molecule has 0 radical (unpaired) electrons. The minimum atomic E-state index is 0.637. The van der Waals surface area contributed by atoms with E-state index in [0.717, 1.165) is 32.6 Å². The highest BCUT2D eigenvalue weighted by Gasteiger charge is 2.03. The number of nitrogens with one attached hydrogen (secondary N) is 2. The lowest BCUT2D eigenvalue weighted by atomic mass is 10.1. The molecule has 1 unspecified atom stereocenters. The summed E-state index contributed by atoms with van der Waals surface area (Å²) in [4.78, 5) is 0. The lowest BCUT2D eigenvalue weighted by Gasteiger charge is -2.16. The summed E-state index contributed by atoms with van der Waals surface area (Å²) in [5, 5.41) is 7.08. The minimum absolute atomic E-state index is 0.637.